The highest BCUT2D eigenvalue weighted by atomic mass is 32.2. The molecule has 4 aromatic carbocycles. The third-order valence-corrected chi connectivity index (χ3v) is 8.96. The number of sulfonamides is 1. The average molecular weight is 596 g/mol. The van der Waals surface area contributed by atoms with Crippen LogP contribution < -0.4 is 9.47 Å². The second-order valence-electron chi connectivity index (χ2n) is 10.1. The van der Waals surface area contributed by atoms with Crippen molar-refractivity contribution in [2.45, 2.75) is 44.7 Å². The van der Waals surface area contributed by atoms with E-state index in [1.54, 1.807) is 38.5 Å². The summed E-state index contributed by atoms with van der Waals surface area (Å²) in [6.07, 6.45) is 0. The van der Waals surface area contributed by atoms with E-state index in [1.807, 2.05) is 55.5 Å². The molecule has 8 heteroatoms. The van der Waals surface area contributed by atoms with E-state index in [2.05, 4.69) is 24.0 Å². The summed E-state index contributed by atoms with van der Waals surface area (Å²) in [5, 5.41) is 0. The molecule has 0 saturated carbocycles. The predicted molar refractivity (Wildman–Crippen MR) is 163 cm³/mol. The molecule has 1 heterocycles. The Bertz CT molecular complexity index is 1700. The molecule has 0 fully saturated rings. The molecule has 0 spiro atoms. The quantitative estimate of drug-likeness (QED) is 0.166. The lowest BCUT2D eigenvalue weighted by Crippen LogP contribution is -2.25. The summed E-state index contributed by atoms with van der Waals surface area (Å²) in [6.45, 7) is 3.58. The Hall–Kier alpha value is -4.31. The Labute approximate surface area is 254 Å². The summed E-state index contributed by atoms with van der Waals surface area (Å²) in [5.41, 5.74) is 6.02. The molecule has 0 aromatic heterocycles. The molecule has 0 unspecified atom stereocenters. The third kappa shape index (κ3) is 7.37. The highest BCUT2D eigenvalue weighted by Crippen LogP contribution is 2.31. The predicted octanol–water partition coefficient (Wildman–Crippen LogP) is 5.60. The first-order valence-electron chi connectivity index (χ1n) is 13.8. The molecule has 0 radical (unpaired) electrons. The molecule has 0 bridgehead atoms. The van der Waals surface area contributed by atoms with Crippen molar-refractivity contribution in [2.75, 3.05) is 20.8 Å². The monoisotopic (exact) mass is 595 g/mol. The lowest BCUT2D eigenvalue weighted by Gasteiger charge is -2.15. The number of hydrogen-bond acceptors (Lipinski definition) is 6. The Morgan fingerprint density at radius 1 is 0.767 bits per heavy atom. The van der Waals surface area contributed by atoms with Gasteiger partial charge in [0.15, 0.2) is 0 Å². The van der Waals surface area contributed by atoms with Gasteiger partial charge in [-0.3, -0.25) is 0 Å². The summed E-state index contributed by atoms with van der Waals surface area (Å²) in [6, 6.07) is 28.6. The minimum atomic E-state index is -3.70. The molecule has 1 aliphatic rings. The smallest absolute Gasteiger partial charge is 0.243 e. The second-order valence-corrected chi connectivity index (χ2v) is 12.1. The lowest BCUT2D eigenvalue weighted by atomic mass is 10.0. The van der Waals surface area contributed by atoms with Gasteiger partial charge in [0.25, 0.3) is 0 Å². The highest BCUT2D eigenvalue weighted by Gasteiger charge is 2.32. The molecular weight excluding hydrogens is 562 g/mol. The SMILES string of the molecule is COc1ccc(COCC#Cc2c(COCc3ccc(OC)cc3)c#cc3c2CN(S(=O)(=O)c2ccc(C)cc2)C3)cc1. The largest absolute Gasteiger partial charge is 0.497 e. The van der Waals surface area contributed by atoms with E-state index in [0.29, 0.717) is 18.8 Å². The molecule has 43 heavy (non-hydrogen) atoms. The van der Waals surface area contributed by atoms with E-state index < -0.39 is 10.0 Å². The number of nitrogens with zero attached hydrogens (tertiary/aromatic N) is 1. The number of hydrogen-bond donors (Lipinski definition) is 0. The summed E-state index contributed by atoms with van der Waals surface area (Å²) in [7, 11) is -0.439. The van der Waals surface area contributed by atoms with Gasteiger partial charge in [0.05, 0.1) is 38.9 Å². The molecule has 5 rings (SSSR count). The molecule has 0 atom stereocenters. The van der Waals surface area contributed by atoms with Crippen LogP contribution in [0.2, 0.25) is 0 Å². The van der Waals surface area contributed by atoms with Crippen molar-refractivity contribution in [3.63, 3.8) is 0 Å². The van der Waals surface area contributed by atoms with Crippen LogP contribution in [0.4, 0.5) is 0 Å². The molecule has 7 nitrogen and oxygen atoms in total. The van der Waals surface area contributed by atoms with Gasteiger partial charge in [-0.1, -0.05) is 65.9 Å². The Morgan fingerprint density at radius 3 is 1.98 bits per heavy atom. The number of ether oxygens (including phenoxy) is 4. The van der Waals surface area contributed by atoms with Gasteiger partial charge in [0.1, 0.15) is 18.1 Å². The first-order valence-corrected chi connectivity index (χ1v) is 15.3. The van der Waals surface area contributed by atoms with Gasteiger partial charge in [0, 0.05) is 29.8 Å². The maximum absolute atomic E-state index is 13.5. The van der Waals surface area contributed by atoms with E-state index in [1.165, 1.54) is 4.31 Å². The fourth-order valence-corrected chi connectivity index (χ4v) is 6.06. The fraction of sp³-hybridized carbons (Fsp3) is 0.257. The van der Waals surface area contributed by atoms with Gasteiger partial charge in [0.2, 0.25) is 10.0 Å². The second kappa shape index (κ2) is 13.8. The first-order chi connectivity index (χ1) is 20.9. The summed E-state index contributed by atoms with van der Waals surface area (Å²) >= 11 is 0. The number of benzene rings is 3. The van der Waals surface area contributed by atoms with Crippen molar-refractivity contribution >= 4 is 10.0 Å². The molecule has 0 aliphatic carbocycles. The van der Waals surface area contributed by atoms with Gasteiger partial charge in [-0.05, 0) is 60.0 Å². The molecule has 4 aromatic rings. The molecule has 0 saturated heterocycles. The number of fused-ring (bicyclic) bond motifs is 1. The van der Waals surface area contributed by atoms with E-state index >= 15 is 0 Å². The molecular formula is C35H33NO6S. The Kier molecular flexibility index (Phi) is 9.66. The minimum Gasteiger partial charge on any atom is -0.497 e. The van der Waals surface area contributed by atoms with Gasteiger partial charge in [-0.15, -0.1) is 0 Å². The minimum absolute atomic E-state index is 0.193. The van der Waals surface area contributed by atoms with Crippen LogP contribution >= 0.6 is 0 Å². The summed E-state index contributed by atoms with van der Waals surface area (Å²) in [4.78, 5) is 0.262. The van der Waals surface area contributed by atoms with E-state index in [0.717, 1.165) is 44.9 Å². The van der Waals surface area contributed by atoms with Crippen molar-refractivity contribution < 1.29 is 27.4 Å². The van der Waals surface area contributed by atoms with Crippen molar-refractivity contribution in [2.24, 2.45) is 0 Å². The summed E-state index contributed by atoms with van der Waals surface area (Å²) < 4.78 is 50.6. The van der Waals surface area contributed by atoms with Crippen LogP contribution in [-0.4, -0.2) is 33.5 Å². The van der Waals surface area contributed by atoms with Gasteiger partial charge < -0.3 is 18.9 Å². The van der Waals surface area contributed by atoms with Crippen LogP contribution in [-0.2, 0) is 52.4 Å². The van der Waals surface area contributed by atoms with Crippen LogP contribution in [0.3, 0.4) is 0 Å². The van der Waals surface area contributed by atoms with Gasteiger partial charge in [-0.25, -0.2) is 8.42 Å². The van der Waals surface area contributed by atoms with Crippen LogP contribution in [0, 0.1) is 30.9 Å². The Morgan fingerprint density at radius 2 is 1.37 bits per heavy atom. The molecule has 0 N–H and O–H groups in total. The van der Waals surface area contributed by atoms with Crippen LogP contribution in [0.15, 0.2) is 77.7 Å². The molecule has 220 valence electrons. The standard InChI is InChI=1S/C35H33NO6S/c1-26-6-18-33(19-7-26)43(37,38)36-21-29-12-13-30(25-42-24-28-10-16-32(40-3)17-11-28)34(35(29)22-36)5-4-20-41-23-27-8-14-31(39-2)15-9-27/h6-11,14-19H,20-25H2,1-3H3. The Balaban J connectivity index is 1.33. The normalized spacial score (nSPS) is 12.6. The number of aryl methyl sites for hydroxylation is 1. The first kappa shape index (κ1) is 30.2. The zero-order valence-corrected chi connectivity index (χ0v) is 25.3. The maximum atomic E-state index is 13.5. The third-order valence-electron chi connectivity index (χ3n) is 7.15. The average Bonchev–Trinajstić information content (AvgIpc) is 3.48. The van der Waals surface area contributed by atoms with Crippen molar-refractivity contribution in [3.05, 3.63) is 124 Å². The van der Waals surface area contributed by atoms with Gasteiger partial charge >= 0.3 is 0 Å². The van der Waals surface area contributed by atoms with Crippen molar-refractivity contribution in [1.82, 2.24) is 4.31 Å². The van der Waals surface area contributed by atoms with Crippen molar-refractivity contribution in [1.29, 1.82) is 0 Å². The van der Waals surface area contributed by atoms with Crippen LogP contribution in [0.5, 0.6) is 11.5 Å². The molecule has 0 amide bonds. The summed E-state index contributed by atoms with van der Waals surface area (Å²) in [5.74, 6) is 7.91. The topological polar surface area (TPSA) is 74.3 Å². The highest BCUT2D eigenvalue weighted by molar-refractivity contribution is 7.89. The van der Waals surface area contributed by atoms with Crippen LogP contribution in [0.25, 0.3) is 0 Å². The maximum Gasteiger partial charge on any atom is 0.243 e. The fourth-order valence-electron chi connectivity index (χ4n) is 4.69. The van der Waals surface area contributed by atoms with E-state index in [9.17, 15) is 8.42 Å². The van der Waals surface area contributed by atoms with Gasteiger partial charge in [-0.2, -0.15) is 4.31 Å². The molecule has 1 aliphatic heterocycles. The number of rotatable bonds is 11. The lowest BCUT2D eigenvalue weighted by molar-refractivity contribution is 0.107. The van der Waals surface area contributed by atoms with E-state index in [4.69, 9.17) is 18.9 Å². The number of methoxy groups -OCH3 is 2. The zero-order valence-electron chi connectivity index (χ0n) is 24.5. The van der Waals surface area contributed by atoms with Crippen molar-refractivity contribution in [3.8, 4) is 23.3 Å². The van der Waals surface area contributed by atoms with Crippen LogP contribution in [0.1, 0.15) is 38.9 Å². The zero-order chi connectivity index (χ0) is 30.2. The van der Waals surface area contributed by atoms with E-state index in [-0.39, 0.29) is 31.2 Å².